The lowest BCUT2D eigenvalue weighted by molar-refractivity contribution is 1.18. The van der Waals surface area contributed by atoms with Crippen molar-refractivity contribution in [3.05, 3.63) is 213 Å². The number of fused-ring (bicyclic) bond motifs is 3. The average molecular weight is 762 g/mol. The third kappa shape index (κ3) is 5.63. The van der Waals surface area contributed by atoms with Crippen LogP contribution in [0.2, 0.25) is 0 Å². The number of benzene rings is 10. The number of hydrogen-bond donors (Lipinski definition) is 0. The molecule has 0 fully saturated rings. The zero-order valence-corrected chi connectivity index (χ0v) is 32.5. The van der Waals surface area contributed by atoms with E-state index >= 15 is 0 Å². The fourth-order valence-electron chi connectivity index (χ4n) is 9.24. The molecule has 0 unspecified atom stereocenters. The van der Waals surface area contributed by atoms with E-state index in [1.165, 1.54) is 70.6 Å². The Labute approximate surface area is 347 Å². The SMILES string of the molecule is c1cncc(-c2ccccc2-c2cc(-c3ccc(-c4ccc5ccc6cccc7ccc4c5c67)cc3)nc(-c3ccc(-c4cc5ccccc5c5ccccc45)cc3)n2)c1. The van der Waals surface area contributed by atoms with Gasteiger partial charge in [-0.05, 0) is 99.9 Å². The fraction of sp³-hybridized carbons (Fsp3) is 0. The van der Waals surface area contributed by atoms with Crippen molar-refractivity contribution in [2.75, 3.05) is 0 Å². The summed E-state index contributed by atoms with van der Waals surface area (Å²) >= 11 is 0. The molecule has 0 aliphatic carbocycles. The Morgan fingerprint density at radius 2 is 0.883 bits per heavy atom. The molecule has 10 aromatic carbocycles. The number of rotatable bonds is 6. The van der Waals surface area contributed by atoms with E-state index in [-0.39, 0.29) is 0 Å². The summed E-state index contributed by atoms with van der Waals surface area (Å²) in [5.41, 5.74) is 11.6. The molecular weight excluding hydrogens is 727 g/mol. The van der Waals surface area contributed by atoms with Crippen LogP contribution in [0.1, 0.15) is 0 Å². The van der Waals surface area contributed by atoms with Gasteiger partial charge in [0, 0.05) is 34.6 Å². The van der Waals surface area contributed by atoms with Crippen LogP contribution in [-0.4, -0.2) is 15.0 Å². The van der Waals surface area contributed by atoms with E-state index in [4.69, 9.17) is 9.97 Å². The molecule has 0 spiro atoms. The molecule has 3 nitrogen and oxygen atoms in total. The van der Waals surface area contributed by atoms with E-state index in [0.29, 0.717) is 5.82 Å². The summed E-state index contributed by atoms with van der Waals surface area (Å²) < 4.78 is 0. The molecule has 2 heterocycles. The van der Waals surface area contributed by atoms with Gasteiger partial charge in [0.25, 0.3) is 0 Å². The highest BCUT2D eigenvalue weighted by Crippen LogP contribution is 2.41. The summed E-state index contributed by atoms with van der Waals surface area (Å²) in [7, 11) is 0. The molecule has 0 aliphatic heterocycles. The van der Waals surface area contributed by atoms with Crippen molar-refractivity contribution in [2.45, 2.75) is 0 Å². The molecule has 0 aliphatic rings. The maximum Gasteiger partial charge on any atom is 0.160 e. The Balaban J connectivity index is 0.982. The van der Waals surface area contributed by atoms with Crippen LogP contribution in [-0.2, 0) is 0 Å². The van der Waals surface area contributed by atoms with Gasteiger partial charge >= 0.3 is 0 Å². The third-order valence-corrected chi connectivity index (χ3v) is 12.1. The van der Waals surface area contributed by atoms with Crippen LogP contribution >= 0.6 is 0 Å². The van der Waals surface area contributed by atoms with Crippen LogP contribution in [0.5, 0.6) is 0 Å². The average Bonchev–Trinajstić information content (AvgIpc) is 3.33. The second-order valence-electron chi connectivity index (χ2n) is 15.6. The summed E-state index contributed by atoms with van der Waals surface area (Å²) in [5.74, 6) is 0.675. The molecular formula is C57H35N3. The number of pyridine rings is 1. The summed E-state index contributed by atoms with van der Waals surface area (Å²) in [5, 5.41) is 12.7. The molecule has 0 atom stereocenters. The van der Waals surface area contributed by atoms with Gasteiger partial charge in [-0.2, -0.15) is 0 Å². The molecule has 3 heteroatoms. The first-order chi connectivity index (χ1) is 29.7. The Hall–Kier alpha value is -8.01. The molecule has 0 radical (unpaired) electrons. The van der Waals surface area contributed by atoms with Crippen molar-refractivity contribution in [1.82, 2.24) is 15.0 Å². The highest BCUT2D eigenvalue weighted by Gasteiger charge is 2.17. The van der Waals surface area contributed by atoms with Crippen molar-refractivity contribution < 1.29 is 0 Å². The molecule has 0 amide bonds. The normalized spacial score (nSPS) is 11.7. The lowest BCUT2D eigenvalue weighted by Crippen LogP contribution is -1.97. The number of nitrogens with zero attached hydrogens (tertiary/aromatic N) is 3. The topological polar surface area (TPSA) is 38.7 Å². The largest absolute Gasteiger partial charge is 0.264 e. The van der Waals surface area contributed by atoms with Crippen LogP contribution in [0.15, 0.2) is 213 Å². The lowest BCUT2D eigenvalue weighted by Gasteiger charge is -2.15. The highest BCUT2D eigenvalue weighted by molar-refractivity contribution is 6.25. The third-order valence-electron chi connectivity index (χ3n) is 12.1. The van der Waals surface area contributed by atoms with E-state index in [2.05, 4.69) is 199 Å². The Morgan fingerprint density at radius 1 is 0.283 bits per heavy atom. The van der Waals surface area contributed by atoms with E-state index in [1.807, 2.05) is 18.5 Å². The van der Waals surface area contributed by atoms with Crippen molar-refractivity contribution >= 4 is 53.9 Å². The van der Waals surface area contributed by atoms with Crippen molar-refractivity contribution in [2.24, 2.45) is 0 Å². The maximum atomic E-state index is 5.29. The molecule has 12 rings (SSSR count). The molecule has 278 valence electrons. The Kier molecular flexibility index (Phi) is 7.85. The molecule has 2 aromatic heterocycles. The number of aromatic nitrogens is 3. The van der Waals surface area contributed by atoms with Gasteiger partial charge in [0.2, 0.25) is 0 Å². The smallest absolute Gasteiger partial charge is 0.160 e. The first kappa shape index (κ1) is 34.1. The second-order valence-corrected chi connectivity index (χ2v) is 15.6. The predicted octanol–water partition coefficient (Wildman–Crippen LogP) is 15.1. The molecule has 0 saturated heterocycles. The highest BCUT2D eigenvalue weighted by atomic mass is 14.9. The minimum Gasteiger partial charge on any atom is -0.264 e. The fourth-order valence-corrected chi connectivity index (χ4v) is 9.24. The van der Waals surface area contributed by atoms with E-state index in [1.54, 1.807) is 0 Å². The minimum absolute atomic E-state index is 0.675. The van der Waals surface area contributed by atoms with Gasteiger partial charge in [-0.15, -0.1) is 0 Å². The molecule has 60 heavy (non-hydrogen) atoms. The van der Waals surface area contributed by atoms with Crippen molar-refractivity contribution in [3.63, 3.8) is 0 Å². The van der Waals surface area contributed by atoms with Crippen molar-refractivity contribution in [3.8, 4) is 67.3 Å². The minimum atomic E-state index is 0.675. The molecule has 12 aromatic rings. The van der Waals surface area contributed by atoms with Crippen molar-refractivity contribution in [1.29, 1.82) is 0 Å². The molecule has 0 saturated carbocycles. The number of hydrogen-bond acceptors (Lipinski definition) is 3. The second kappa shape index (κ2) is 13.8. The van der Waals surface area contributed by atoms with Gasteiger partial charge in [0.1, 0.15) is 0 Å². The summed E-state index contributed by atoms with van der Waals surface area (Å²) in [4.78, 5) is 15.0. The summed E-state index contributed by atoms with van der Waals surface area (Å²) in [6.45, 7) is 0. The van der Waals surface area contributed by atoms with E-state index in [0.717, 1.165) is 44.8 Å². The van der Waals surface area contributed by atoms with Crippen LogP contribution < -0.4 is 0 Å². The quantitative estimate of drug-likeness (QED) is 0.158. The standard InChI is InChI=1S/C57H35N3/c1-2-13-45-43(9-1)33-52(49-16-5-4-15-48(45)49)37-20-26-42(27-21-37)57-59-53(34-54(60-57)50-17-6-3-14-46(50)44-12-8-32-58-35-44)38-22-18-36(19-23-38)47-30-28-41-25-24-39-10-7-11-40-29-31-51(47)56(41)55(39)40/h1-35H. The van der Waals surface area contributed by atoms with Gasteiger partial charge in [-0.3, -0.25) is 4.98 Å². The Morgan fingerprint density at radius 3 is 1.67 bits per heavy atom. The van der Waals surface area contributed by atoms with Gasteiger partial charge in [-0.1, -0.05) is 182 Å². The van der Waals surface area contributed by atoms with Gasteiger partial charge in [0.05, 0.1) is 11.4 Å². The van der Waals surface area contributed by atoms with Crippen LogP contribution in [0, 0.1) is 0 Å². The van der Waals surface area contributed by atoms with Gasteiger partial charge in [-0.25, -0.2) is 9.97 Å². The van der Waals surface area contributed by atoms with Gasteiger partial charge < -0.3 is 0 Å². The monoisotopic (exact) mass is 761 g/mol. The maximum absolute atomic E-state index is 5.29. The zero-order chi connectivity index (χ0) is 39.6. The summed E-state index contributed by atoms with van der Waals surface area (Å²) in [6.07, 6.45) is 3.72. The van der Waals surface area contributed by atoms with E-state index < -0.39 is 0 Å². The van der Waals surface area contributed by atoms with Crippen LogP contribution in [0.25, 0.3) is 121 Å². The lowest BCUT2D eigenvalue weighted by atomic mass is 9.89. The van der Waals surface area contributed by atoms with E-state index in [9.17, 15) is 0 Å². The molecule has 0 N–H and O–H groups in total. The van der Waals surface area contributed by atoms with Crippen LogP contribution in [0.3, 0.4) is 0 Å². The molecule has 0 bridgehead atoms. The summed E-state index contributed by atoms with van der Waals surface area (Å²) in [6, 6.07) is 71.9. The van der Waals surface area contributed by atoms with Gasteiger partial charge in [0.15, 0.2) is 5.82 Å². The predicted molar refractivity (Wildman–Crippen MR) is 251 cm³/mol. The zero-order valence-electron chi connectivity index (χ0n) is 32.5. The first-order valence-corrected chi connectivity index (χ1v) is 20.4. The Bertz CT molecular complexity index is 3560. The first-order valence-electron chi connectivity index (χ1n) is 20.4. The van der Waals surface area contributed by atoms with Crippen LogP contribution in [0.4, 0.5) is 0 Å².